The smallest absolute Gasteiger partial charge is 0.228 e. The molecule has 0 atom stereocenters. The molecule has 1 saturated carbocycles. The predicted molar refractivity (Wildman–Crippen MR) is 78.9 cm³/mol. The van der Waals surface area contributed by atoms with Crippen molar-refractivity contribution in [3.05, 3.63) is 0 Å². The Kier molecular flexibility index (Phi) is 6.84. The summed E-state index contributed by atoms with van der Waals surface area (Å²) in [5, 5.41) is 9.20. The van der Waals surface area contributed by atoms with Gasteiger partial charge in [-0.2, -0.15) is 0 Å². The van der Waals surface area contributed by atoms with E-state index in [0.29, 0.717) is 18.4 Å². The van der Waals surface area contributed by atoms with E-state index in [1.54, 1.807) is 0 Å². The van der Waals surface area contributed by atoms with Gasteiger partial charge in [-0.05, 0) is 31.6 Å². The van der Waals surface area contributed by atoms with Crippen LogP contribution in [0.15, 0.2) is 0 Å². The molecule has 0 saturated heterocycles. The topological polar surface area (TPSA) is 40.5 Å². The first-order valence-corrected chi connectivity index (χ1v) is 7.96. The maximum Gasteiger partial charge on any atom is 0.228 e. The quantitative estimate of drug-likeness (QED) is 0.735. The van der Waals surface area contributed by atoms with Crippen LogP contribution in [0.1, 0.15) is 65.7 Å². The van der Waals surface area contributed by atoms with Gasteiger partial charge in [-0.3, -0.25) is 4.79 Å². The largest absolute Gasteiger partial charge is 0.395 e. The van der Waals surface area contributed by atoms with E-state index in [-0.39, 0.29) is 12.0 Å². The fraction of sp³-hybridized carbons (Fsp3) is 0.938. The minimum Gasteiger partial charge on any atom is -0.395 e. The van der Waals surface area contributed by atoms with Gasteiger partial charge in [0.2, 0.25) is 5.91 Å². The zero-order valence-corrected chi connectivity index (χ0v) is 13.0. The van der Waals surface area contributed by atoms with Crippen LogP contribution in [0, 0.1) is 11.3 Å². The van der Waals surface area contributed by atoms with Crippen LogP contribution in [0.5, 0.6) is 0 Å². The average Bonchev–Trinajstić information content (AvgIpc) is 2.82. The van der Waals surface area contributed by atoms with E-state index in [2.05, 4.69) is 20.8 Å². The van der Waals surface area contributed by atoms with Crippen LogP contribution in [0.25, 0.3) is 0 Å². The van der Waals surface area contributed by atoms with Crippen molar-refractivity contribution in [2.75, 3.05) is 19.7 Å². The van der Waals surface area contributed by atoms with Crippen molar-refractivity contribution in [3.8, 4) is 0 Å². The Morgan fingerprint density at radius 3 is 2.37 bits per heavy atom. The molecular weight excluding hydrogens is 238 g/mol. The highest BCUT2D eigenvalue weighted by Gasteiger charge is 2.43. The van der Waals surface area contributed by atoms with E-state index in [0.717, 1.165) is 38.6 Å². The zero-order chi connectivity index (χ0) is 14.3. The lowest BCUT2D eigenvalue weighted by Gasteiger charge is -2.35. The molecule has 1 aliphatic carbocycles. The van der Waals surface area contributed by atoms with E-state index in [4.69, 9.17) is 0 Å². The van der Waals surface area contributed by atoms with Crippen molar-refractivity contribution < 1.29 is 9.90 Å². The van der Waals surface area contributed by atoms with Crippen LogP contribution in [0.4, 0.5) is 0 Å². The SMILES string of the molecule is CCCCN(CCO)C(=O)C1(CC(C)C)CCCC1. The van der Waals surface area contributed by atoms with Gasteiger partial charge in [0.05, 0.1) is 6.61 Å². The van der Waals surface area contributed by atoms with Gasteiger partial charge in [0.15, 0.2) is 0 Å². The van der Waals surface area contributed by atoms with Crippen LogP contribution in [0.3, 0.4) is 0 Å². The third kappa shape index (κ3) is 4.48. The molecule has 19 heavy (non-hydrogen) atoms. The Hall–Kier alpha value is -0.570. The number of hydrogen-bond acceptors (Lipinski definition) is 2. The summed E-state index contributed by atoms with van der Waals surface area (Å²) in [5.74, 6) is 0.866. The van der Waals surface area contributed by atoms with Gasteiger partial charge in [-0.1, -0.05) is 40.0 Å². The fourth-order valence-corrected chi connectivity index (χ4v) is 3.46. The normalized spacial score (nSPS) is 17.9. The summed E-state index contributed by atoms with van der Waals surface area (Å²) in [5.41, 5.74) is -0.128. The monoisotopic (exact) mass is 269 g/mol. The van der Waals surface area contributed by atoms with E-state index >= 15 is 0 Å². The Balaban J connectivity index is 2.77. The molecule has 1 amide bonds. The van der Waals surface area contributed by atoms with Crippen molar-refractivity contribution in [1.82, 2.24) is 4.90 Å². The lowest BCUT2D eigenvalue weighted by molar-refractivity contribution is -0.143. The highest BCUT2D eigenvalue weighted by molar-refractivity contribution is 5.83. The molecular formula is C16H31NO2. The molecule has 1 rings (SSSR count). The number of hydrogen-bond donors (Lipinski definition) is 1. The zero-order valence-electron chi connectivity index (χ0n) is 13.0. The maximum atomic E-state index is 12.9. The second-order valence-corrected chi connectivity index (χ2v) is 6.45. The lowest BCUT2D eigenvalue weighted by Crippen LogP contribution is -2.45. The minimum absolute atomic E-state index is 0.0766. The molecule has 3 nitrogen and oxygen atoms in total. The van der Waals surface area contributed by atoms with Crippen LogP contribution in [-0.2, 0) is 4.79 Å². The third-order valence-electron chi connectivity index (χ3n) is 4.25. The van der Waals surface area contributed by atoms with E-state index in [1.807, 2.05) is 4.90 Å². The average molecular weight is 269 g/mol. The number of carbonyl (C=O) groups excluding carboxylic acids is 1. The fourth-order valence-electron chi connectivity index (χ4n) is 3.46. The van der Waals surface area contributed by atoms with Crippen molar-refractivity contribution in [3.63, 3.8) is 0 Å². The summed E-state index contributed by atoms with van der Waals surface area (Å²) >= 11 is 0. The Labute approximate surface area is 118 Å². The molecule has 0 heterocycles. The summed E-state index contributed by atoms with van der Waals surface area (Å²) in [6.07, 6.45) is 7.56. The van der Waals surface area contributed by atoms with Crippen LogP contribution < -0.4 is 0 Å². The maximum absolute atomic E-state index is 12.9. The summed E-state index contributed by atoms with van der Waals surface area (Å²) in [6, 6.07) is 0. The number of aliphatic hydroxyl groups is 1. The summed E-state index contributed by atoms with van der Waals surface area (Å²) in [6.45, 7) is 7.92. The summed E-state index contributed by atoms with van der Waals surface area (Å²) < 4.78 is 0. The van der Waals surface area contributed by atoms with Gasteiger partial charge >= 0.3 is 0 Å². The van der Waals surface area contributed by atoms with Crippen molar-refractivity contribution in [2.45, 2.75) is 65.7 Å². The van der Waals surface area contributed by atoms with Crippen LogP contribution in [0.2, 0.25) is 0 Å². The highest BCUT2D eigenvalue weighted by atomic mass is 16.3. The van der Waals surface area contributed by atoms with Gasteiger partial charge in [0.25, 0.3) is 0 Å². The Bertz CT molecular complexity index is 270. The van der Waals surface area contributed by atoms with Crippen molar-refractivity contribution in [2.24, 2.45) is 11.3 Å². The predicted octanol–water partition coefficient (Wildman–Crippen LogP) is 3.21. The first-order valence-electron chi connectivity index (χ1n) is 7.96. The molecule has 1 aliphatic rings. The number of amides is 1. The van der Waals surface area contributed by atoms with Crippen LogP contribution >= 0.6 is 0 Å². The third-order valence-corrected chi connectivity index (χ3v) is 4.25. The number of carbonyl (C=O) groups is 1. The molecule has 112 valence electrons. The van der Waals surface area contributed by atoms with E-state index in [9.17, 15) is 9.90 Å². The minimum atomic E-state index is -0.128. The van der Waals surface area contributed by atoms with Gasteiger partial charge in [0.1, 0.15) is 0 Å². The van der Waals surface area contributed by atoms with Gasteiger partial charge in [0, 0.05) is 18.5 Å². The van der Waals surface area contributed by atoms with Gasteiger partial charge < -0.3 is 10.0 Å². The van der Waals surface area contributed by atoms with E-state index in [1.165, 1.54) is 12.8 Å². The van der Waals surface area contributed by atoms with Crippen molar-refractivity contribution >= 4 is 5.91 Å². The first-order chi connectivity index (χ1) is 9.05. The van der Waals surface area contributed by atoms with E-state index < -0.39 is 0 Å². The molecule has 0 spiro atoms. The Morgan fingerprint density at radius 2 is 1.89 bits per heavy atom. The lowest BCUT2D eigenvalue weighted by atomic mass is 9.77. The molecule has 0 aromatic rings. The molecule has 0 unspecified atom stereocenters. The first kappa shape index (κ1) is 16.5. The summed E-state index contributed by atoms with van der Waals surface area (Å²) in [4.78, 5) is 14.8. The molecule has 0 aromatic carbocycles. The van der Waals surface area contributed by atoms with Gasteiger partial charge in [-0.15, -0.1) is 0 Å². The molecule has 3 heteroatoms. The second kappa shape index (κ2) is 7.88. The molecule has 0 aromatic heterocycles. The standard InChI is InChI=1S/C16H31NO2/c1-4-5-10-17(11-12-18)15(19)16(13-14(2)3)8-6-7-9-16/h14,18H,4-13H2,1-3H3. The number of unbranched alkanes of at least 4 members (excludes halogenated alkanes) is 1. The molecule has 1 N–H and O–H groups in total. The summed E-state index contributed by atoms with van der Waals surface area (Å²) in [7, 11) is 0. The molecule has 0 bridgehead atoms. The van der Waals surface area contributed by atoms with Crippen molar-refractivity contribution in [1.29, 1.82) is 0 Å². The highest BCUT2D eigenvalue weighted by Crippen LogP contribution is 2.44. The number of aliphatic hydroxyl groups excluding tert-OH is 1. The molecule has 1 fully saturated rings. The Morgan fingerprint density at radius 1 is 1.26 bits per heavy atom. The number of nitrogens with zero attached hydrogens (tertiary/aromatic N) is 1. The molecule has 0 aliphatic heterocycles. The number of rotatable bonds is 8. The second-order valence-electron chi connectivity index (χ2n) is 6.45. The van der Waals surface area contributed by atoms with Gasteiger partial charge in [-0.25, -0.2) is 0 Å². The molecule has 0 radical (unpaired) electrons. The van der Waals surface area contributed by atoms with Crippen LogP contribution in [-0.4, -0.2) is 35.6 Å².